The SMILES string of the molecule is COc1cc(/C=N/N(C(=O)c2ccc(S(=O)(=O)N(C)c3ccccc3)cc2)c2nc3ccc(F)cc3s2)cc(OC)c1OC. The summed E-state index contributed by atoms with van der Waals surface area (Å²) in [6, 6.07) is 21.6. The average molecular weight is 635 g/mol. The zero-order valence-corrected chi connectivity index (χ0v) is 25.7. The first kappa shape index (κ1) is 30.4. The summed E-state index contributed by atoms with van der Waals surface area (Å²) in [7, 11) is 2.01. The number of carbonyl (C=O) groups excluding carboxylic acids is 1. The van der Waals surface area contributed by atoms with Crippen LogP contribution in [0.3, 0.4) is 0 Å². The van der Waals surface area contributed by atoms with Gasteiger partial charge in [-0.1, -0.05) is 29.5 Å². The van der Waals surface area contributed by atoms with Gasteiger partial charge in [-0.25, -0.2) is 17.8 Å². The first-order valence-corrected chi connectivity index (χ1v) is 15.3. The van der Waals surface area contributed by atoms with Crippen molar-refractivity contribution in [1.82, 2.24) is 4.98 Å². The van der Waals surface area contributed by atoms with Gasteiger partial charge in [-0.05, 0) is 66.7 Å². The molecule has 5 rings (SSSR count). The Morgan fingerprint density at radius 3 is 2.18 bits per heavy atom. The second-order valence-electron chi connectivity index (χ2n) is 9.26. The van der Waals surface area contributed by atoms with Gasteiger partial charge in [-0.15, -0.1) is 0 Å². The molecule has 1 amide bonds. The number of benzene rings is 4. The van der Waals surface area contributed by atoms with Crippen molar-refractivity contribution in [3.05, 3.63) is 102 Å². The van der Waals surface area contributed by atoms with E-state index in [0.29, 0.717) is 38.7 Å². The smallest absolute Gasteiger partial charge is 0.280 e. The number of carbonyl (C=O) groups is 1. The van der Waals surface area contributed by atoms with Gasteiger partial charge in [0.15, 0.2) is 11.5 Å². The summed E-state index contributed by atoms with van der Waals surface area (Å²) in [6.45, 7) is 0. The number of ether oxygens (including phenoxy) is 3. The molecule has 0 aliphatic heterocycles. The molecule has 44 heavy (non-hydrogen) atoms. The Balaban J connectivity index is 1.52. The Hall–Kier alpha value is -5.01. The van der Waals surface area contributed by atoms with Crippen molar-refractivity contribution in [2.24, 2.45) is 5.10 Å². The maximum atomic E-state index is 13.9. The Bertz CT molecular complexity index is 1920. The predicted molar refractivity (Wildman–Crippen MR) is 169 cm³/mol. The van der Waals surface area contributed by atoms with Gasteiger partial charge in [-0.2, -0.15) is 10.1 Å². The standard InChI is InChI=1S/C31H27FN4O6S2/c1-35(23-8-6-5-7-9-23)44(38,39)24-13-10-21(11-14-24)30(37)36(31-34-25-15-12-22(32)18-28(25)43-31)33-19-20-16-26(40-2)29(42-4)27(17-20)41-3/h5-19H,1-4H3/b33-19+. The van der Waals surface area contributed by atoms with Crippen LogP contribution in [-0.2, 0) is 10.0 Å². The van der Waals surface area contributed by atoms with Gasteiger partial charge in [0.25, 0.3) is 15.9 Å². The number of anilines is 2. The molecule has 0 atom stereocenters. The van der Waals surface area contributed by atoms with Gasteiger partial charge >= 0.3 is 0 Å². The number of methoxy groups -OCH3 is 3. The highest BCUT2D eigenvalue weighted by Gasteiger charge is 2.25. The third kappa shape index (κ3) is 6.05. The molecule has 0 fully saturated rings. The van der Waals surface area contributed by atoms with Crippen molar-refractivity contribution < 1.29 is 31.8 Å². The number of hydrazone groups is 1. The number of amides is 1. The molecule has 0 aliphatic carbocycles. The van der Waals surface area contributed by atoms with Crippen LogP contribution in [-0.4, -0.2) is 53.9 Å². The fourth-order valence-corrected chi connectivity index (χ4v) is 6.43. The van der Waals surface area contributed by atoms with E-state index in [1.165, 1.54) is 77.1 Å². The van der Waals surface area contributed by atoms with Crippen LogP contribution >= 0.6 is 11.3 Å². The zero-order chi connectivity index (χ0) is 31.4. The lowest BCUT2D eigenvalue weighted by molar-refractivity contribution is 0.0987. The van der Waals surface area contributed by atoms with Crippen molar-refractivity contribution in [3.8, 4) is 17.2 Å². The summed E-state index contributed by atoms with van der Waals surface area (Å²) in [5, 5.41) is 5.69. The predicted octanol–water partition coefficient (Wildman–Crippen LogP) is 5.97. The monoisotopic (exact) mass is 634 g/mol. The van der Waals surface area contributed by atoms with Crippen molar-refractivity contribution in [3.63, 3.8) is 0 Å². The van der Waals surface area contributed by atoms with E-state index in [4.69, 9.17) is 14.2 Å². The highest BCUT2D eigenvalue weighted by Crippen LogP contribution is 2.38. The second kappa shape index (κ2) is 12.7. The third-order valence-corrected chi connectivity index (χ3v) is 9.40. The van der Waals surface area contributed by atoms with Gasteiger partial charge < -0.3 is 14.2 Å². The molecule has 226 valence electrons. The number of hydrogen-bond donors (Lipinski definition) is 0. The minimum absolute atomic E-state index is 0.00309. The molecule has 0 saturated carbocycles. The number of halogens is 1. The van der Waals surface area contributed by atoms with Gasteiger partial charge in [-0.3, -0.25) is 9.10 Å². The van der Waals surface area contributed by atoms with Gasteiger partial charge in [0.1, 0.15) is 5.82 Å². The Morgan fingerprint density at radius 2 is 1.57 bits per heavy atom. The summed E-state index contributed by atoms with van der Waals surface area (Å²) in [6.07, 6.45) is 1.42. The highest BCUT2D eigenvalue weighted by molar-refractivity contribution is 7.92. The molecule has 0 spiro atoms. The molecule has 0 N–H and O–H groups in total. The quantitative estimate of drug-likeness (QED) is 0.138. The van der Waals surface area contributed by atoms with E-state index in [-0.39, 0.29) is 15.6 Å². The van der Waals surface area contributed by atoms with Crippen LogP contribution < -0.4 is 23.5 Å². The molecule has 1 aromatic heterocycles. The molecule has 1 heterocycles. The number of hydrogen-bond acceptors (Lipinski definition) is 9. The minimum Gasteiger partial charge on any atom is -0.493 e. The fraction of sp³-hybridized carbons (Fsp3) is 0.129. The molecule has 0 radical (unpaired) electrons. The number of fused-ring (bicyclic) bond motifs is 1. The van der Waals surface area contributed by atoms with Crippen molar-refractivity contribution in [1.29, 1.82) is 0 Å². The van der Waals surface area contributed by atoms with Gasteiger partial charge in [0.2, 0.25) is 10.9 Å². The van der Waals surface area contributed by atoms with E-state index in [0.717, 1.165) is 20.7 Å². The lowest BCUT2D eigenvalue weighted by Crippen LogP contribution is -2.27. The lowest BCUT2D eigenvalue weighted by Gasteiger charge is -2.20. The van der Waals surface area contributed by atoms with Gasteiger partial charge in [0, 0.05) is 18.2 Å². The summed E-state index contributed by atoms with van der Waals surface area (Å²) >= 11 is 1.08. The normalized spacial score (nSPS) is 11.5. The van der Waals surface area contributed by atoms with Crippen molar-refractivity contribution in [2.75, 3.05) is 37.7 Å². The van der Waals surface area contributed by atoms with Crippen molar-refractivity contribution in [2.45, 2.75) is 4.90 Å². The maximum Gasteiger partial charge on any atom is 0.280 e. The number of sulfonamides is 1. The molecular formula is C31H27FN4O6S2. The topological polar surface area (TPSA) is 111 Å². The van der Waals surface area contributed by atoms with Crippen LogP contribution in [0.2, 0.25) is 0 Å². The van der Waals surface area contributed by atoms with Crippen LogP contribution in [0.4, 0.5) is 15.2 Å². The van der Waals surface area contributed by atoms with E-state index >= 15 is 0 Å². The molecule has 0 saturated heterocycles. The van der Waals surface area contributed by atoms with Gasteiger partial charge in [0.05, 0.1) is 48.3 Å². The van der Waals surface area contributed by atoms with Crippen LogP contribution in [0.5, 0.6) is 17.2 Å². The molecule has 10 nitrogen and oxygen atoms in total. The number of thiazole rings is 1. The van der Waals surface area contributed by atoms with Crippen LogP contribution in [0.15, 0.2) is 94.9 Å². The molecule has 13 heteroatoms. The minimum atomic E-state index is -3.89. The summed E-state index contributed by atoms with van der Waals surface area (Å²) in [5.41, 5.74) is 1.65. The van der Waals surface area contributed by atoms with Crippen LogP contribution in [0, 0.1) is 5.82 Å². The Morgan fingerprint density at radius 1 is 0.909 bits per heavy atom. The van der Waals surface area contributed by atoms with E-state index in [1.54, 1.807) is 42.5 Å². The summed E-state index contributed by atoms with van der Waals surface area (Å²) in [4.78, 5) is 18.3. The lowest BCUT2D eigenvalue weighted by atomic mass is 10.2. The zero-order valence-electron chi connectivity index (χ0n) is 24.1. The molecule has 4 aromatic carbocycles. The fourth-order valence-electron chi connectivity index (χ4n) is 4.29. The number of rotatable bonds is 10. The van der Waals surface area contributed by atoms with Crippen LogP contribution in [0.1, 0.15) is 15.9 Å². The molecule has 5 aromatic rings. The number of aromatic nitrogens is 1. The molecule has 0 unspecified atom stereocenters. The largest absolute Gasteiger partial charge is 0.493 e. The van der Waals surface area contributed by atoms with Crippen LogP contribution in [0.25, 0.3) is 10.2 Å². The molecule has 0 bridgehead atoms. The molecule has 0 aliphatic rings. The highest BCUT2D eigenvalue weighted by atomic mass is 32.2. The van der Waals surface area contributed by atoms with E-state index in [9.17, 15) is 17.6 Å². The first-order chi connectivity index (χ1) is 21.2. The van der Waals surface area contributed by atoms with E-state index in [1.807, 2.05) is 0 Å². The molecular weight excluding hydrogens is 607 g/mol. The number of nitrogens with zero attached hydrogens (tertiary/aromatic N) is 4. The third-order valence-electron chi connectivity index (χ3n) is 6.60. The second-order valence-corrected chi connectivity index (χ2v) is 12.2. The Kier molecular flexibility index (Phi) is 8.78. The number of para-hydroxylation sites is 1. The summed E-state index contributed by atoms with van der Waals surface area (Å²) < 4.78 is 58.3. The van der Waals surface area contributed by atoms with E-state index in [2.05, 4.69) is 10.1 Å². The summed E-state index contributed by atoms with van der Waals surface area (Å²) in [5.74, 6) is 0.136. The Labute approximate surface area is 257 Å². The maximum absolute atomic E-state index is 13.9. The van der Waals surface area contributed by atoms with Crippen molar-refractivity contribution >= 4 is 54.5 Å². The first-order valence-electron chi connectivity index (χ1n) is 13.0. The van der Waals surface area contributed by atoms with E-state index < -0.39 is 21.7 Å². The average Bonchev–Trinajstić information content (AvgIpc) is 3.47.